The molecule has 106 valence electrons. The van der Waals surface area contributed by atoms with E-state index in [2.05, 4.69) is 20.7 Å². The SMILES string of the molecule is O=S(=O)(NCc1c(F)cccc1F)c1cccc(Br)c1. The van der Waals surface area contributed by atoms with Gasteiger partial charge in [-0.3, -0.25) is 0 Å². The van der Waals surface area contributed by atoms with Crippen molar-refractivity contribution in [1.29, 1.82) is 0 Å². The molecule has 0 amide bonds. The number of benzene rings is 2. The maximum Gasteiger partial charge on any atom is 0.240 e. The first kappa shape index (κ1) is 15.1. The summed E-state index contributed by atoms with van der Waals surface area (Å²) < 4.78 is 53.6. The van der Waals surface area contributed by atoms with Crippen molar-refractivity contribution < 1.29 is 17.2 Å². The average molecular weight is 362 g/mol. The molecule has 0 spiro atoms. The molecule has 0 aliphatic rings. The van der Waals surface area contributed by atoms with Crippen LogP contribution in [0.3, 0.4) is 0 Å². The fraction of sp³-hybridized carbons (Fsp3) is 0.0769. The Morgan fingerprint density at radius 1 is 1.05 bits per heavy atom. The van der Waals surface area contributed by atoms with Crippen LogP contribution in [0.15, 0.2) is 51.8 Å². The molecule has 0 radical (unpaired) electrons. The minimum Gasteiger partial charge on any atom is -0.207 e. The highest BCUT2D eigenvalue weighted by Crippen LogP contribution is 2.17. The molecule has 7 heteroatoms. The predicted octanol–water partition coefficient (Wildman–Crippen LogP) is 3.21. The lowest BCUT2D eigenvalue weighted by Crippen LogP contribution is -2.24. The molecule has 0 heterocycles. The fourth-order valence-corrected chi connectivity index (χ4v) is 3.18. The second kappa shape index (κ2) is 5.99. The van der Waals surface area contributed by atoms with Crippen molar-refractivity contribution in [3.63, 3.8) is 0 Å². The van der Waals surface area contributed by atoms with Gasteiger partial charge in [0.2, 0.25) is 10.0 Å². The fourth-order valence-electron chi connectivity index (χ4n) is 1.59. The molecule has 2 aromatic carbocycles. The van der Waals surface area contributed by atoms with Crippen molar-refractivity contribution in [2.75, 3.05) is 0 Å². The molecule has 2 rings (SSSR count). The third-order valence-electron chi connectivity index (χ3n) is 2.61. The van der Waals surface area contributed by atoms with Crippen LogP contribution in [0.1, 0.15) is 5.56 Å². The van der Waals surface area contributed by atoms with Crippen molar-refractivity contribution in [2.45, 2.75) is 11.4 Å². The maximum absolute atomic E-state index is 13.4. The summed E-state index contributed by atoms with van der Waals surface area (Å²) in [5, 5.41) is 0. The van der Waals surface area contributed by atoms with Crippen molar-refractivity contribution >= 4 is 26.0 Å². The quantitative estimate of drug-likeness (QED) is 0.908. The summed E-state index contributed by atoms with van der Waals surface area (Å²) in [6.45, 7) is -0.451. The van der Waals surface area contributed by atoms with Gasteiger partial charge in [0.15, 0.2) is 0 Å². The van der Waals surface area contributed by atoms with Crippen LogP contribution < -0.4 is 4.72 Å². The zero-order chi connectivity index (χ0) is 14.8. The molecule has 0 unspecified atom stereocenters. The van der Waals surface area contributed by atoms with Gasteiger partial charge in [-0.25, -0.2) is 21.9 Å². The smallest absolute Gasteiger partial charge is 0.207 e. The second-order valence-electron chi connectivity index (χ2n) is 3.98. The molecule has 0 atom stereocenters. The van der Waals surface area contributed by atoms with E-state index in [9.17, 15) is 17.2 Å². The Bertz CT molecular complexity index is 715. The van der Waals surface area contributed by atoms with Crippen LogP contribution in [0.2, 0.25) is 0 Å². The van der Waals surface area contributed by atoms with E-state index < -0.39 is 28.2 Å². The third kappa shape index (κ3) is 3.41. The Hall–Kier alpha value is -1.31. The Labute approximate surface area is 123 Å². The zero-order valence-corrected chi connectivity index (χ0v) is 12.5. The minimum atomic E-state index is -3.83. The number of hydrogen-bond acceptors (Lipinski definition) is 2. The maximum atomic E-state index is 13.4. The van der Waals surface area contributed by atoms with Crippen LogP contribution in [-0.2, 0) is 16.6 Å². The Balaban J connectivity index is 2.22. The van der Waals surface area contributed by atoms with Gasteiger partial charge in [0.05, 0.1) is 4.90 Å². The Kier molecular flexibility index (Phi) is 4.52. The predicted molar refractivity (Wildman–Crippen MR) is 74.5 cm³/mol. The molecule has 0 aromatic heterocycles. The monoisotopic (exact) mass is 361 g/mol. The lowest BCUT2D eigenvalue weighted by molar-refractivity contribution is 0.544. The molecule has 2 aromatic rings. The van der Waals surface area contributed by atoms with Gasteiger partial charge in [0.1, 0.15) is 11.6 Å². The molecule has 3 nitrogen and oxygen atoms in total. The summed E-state index contributed by atoms with van der Waals surface area (Å²) in [5.74, 6) is -1.58. The number of halogens is 3. The first-order valence-electron chi connectivity index (χ1n) is 5.58. The van der Waals surface area contributed by atoms with Crippen LogP contribution in [0.25, 0.3) is 0 Å². The first-order chi connectivity index (χ1) is 9.40. The lowest BCUT2D eigenvalue weighted by atomic mass is 10.2. The van der Waals surface area contributed by atoms with Gasteiger partial charge in [-0.2, -0.15) is 0 Å². The standard InChI is InChI=1S/C13H10BrF2NO2S/c14-9-3-1-4-10(7-9)20(18,19)17-8-11-12(15)5-2-6-13(11)16/h1-7,17H,8H2. The van der Waals surface area contributed by atoms with E-state index in [4.69, 9.17) is 0 Å². The van der Waals surface area contributed by atoms with Gasteiger partial charge in [-0.05, 0) is 30.3 Å². The van der Waals surface area contributed by atoms with E-state index in [0.29, 0.717) is 4.47 Å². The van der Waals surface area contributed by atoms with E-state index in [1.165, 1.54) is 18.2 Å². The van der Waals surface area contributed by atoms with Gasteiger partial charge >= 0.3 is 0 Å². The summed E-state index contributed by atoms with van der Waals surface area (Å²) in [4.78, 5) is 0.0172. The number of nitrogens with one attached hydrogen (secondary N) is 1. The van der Waals surface area contributed by atoms with E-state index >= 15 is 0 Å². The van der Waals surface area contributed by atoms with E-state index in [1.807, 2.05) is 0 Å². The van der Waals surface area contributed by atoms with Crippen LogP contribution in [0, 0.1) is 11.6 Å². The normalized spacial score (nSPS) is 11.6. The highest BCUT2D eigenvalue weighted by atomic mass is 79.9. The van der Waals surface area contributed by atoms with E-state index in [1.54, 1.807) is 12.1 Å². The molecule has 0 saturated carbocycles. The first-order valence-corrected chi connectivity index (χ1v) is 7.86. The van der Waals surface area contributed by atoms with Gasteiger partial charge in [-0.1, -0.05) is 28.1 Å². The van der Waals surface area contributed by atoms with Crippen LogP contribution >= 0.6 is 15.9 Å². The van der Waals surface area contributed by atoms with Gasteiger partial charge in [-0.15, -0.1) is 0 Å². The molecule has 0 fully saturated rings. The zero-order valence-electron chi connectivity index (χ0n) is 10.1. The molecule has 0 bridgehead atoms. The highest BCUT2D eigenvalue weighted by molar-refractivity contribution is 9.10. The molecular formula is C13H10BrF2NO2S. The minimum absolute atomic E-state index is 0.0172. The molecule has 0 aliphatic heterocycles. The van der Waals surface area contributed by atoms with E-state index in [-0.39, 0.29) is 10.5 Å². The van der Waals surface area contributed by atoms with Crippen LogP contribution in [0.5, 0.6) is 0 Å². The molecule has 0 aliphatic carbocycles. The van der Waals surface area contributed by atoms with Crippen LogP contribution in [-0.4, -0.2) is 8.42 Å². The summed E-state index contributed by atoms with van der Waals surface area (Å²) in [7, 11) is -3.83. The van der Waals surface area contributed by atoms with Crippen LogP contribution in [0.4, 0.5) is 8.78 Å². The largest absolute Gasteiger partial charge is 0.240 e. The summed E-state index contributed by atoms with van der Waals surface area (Å²) in [6.07, 6.45) is 0. The molecule has 1 N–H and O–H groups in total. The second-order valence-corrected chi connectivity index (χ2v) is 6.66. The molecule has 0 saturated heterocycles. The van der Waals surface area contributed by atoms with Gasteiger partial charge < -0.3 is 0 Å². The van der Waals surface area contributed by atoms with E-state index in [0.717, 1.165) is 12.1 Å². The van der Waals surface area contributed by atoms with Crippen molar-refractivity contribution in [1.82, 2.24) is 4.72 Å². The summed E-state index contributed by atoms with van der Waals surface area (Å²) in [5.41, 5.74) is -0.314. The topological polar surface area (TPSA) is 46.2 Å². The molecular weight excluding hydrogens is 352 g/mol. The number of rotatable bonds is 4. The summed E-state index contributed by atoms with van der Waals surface area (Å²) in [6, 6.07) is 9.40. The van der Waals surface area contributed by atoms with Crippen molar-refractivity contribution in [2.24, 2.45) is 0 Å². The Morgan fingerprint density at radius 2 is 1.65 bits per heavy atom. The lowest BCUT2D eigenvalue weighted by Gasteiger charge is -2.08. The van der Waals surface area contributed by atoms with Crippen molar-refractivity contribution in [3.05, 3.63) is 64.1 Å². The Morgan fingerprint density at radius 3 is 2.25 bits per heavy atom. The molecule has 20 heavy (non-hydrogen) atoms. The van der Waals surface area contributed by atoms with Gasteiger partial charge in [0.25, 0.3) is 0 Å². The third-order valence-corrected chi connectivity index (χ3v) is 4.50. The average Bonchev–Trinajstić information content (AvgIpc) is 2.38. The van der Waals surface area contributed by atoms with Gasteiger partial charge in [0, 0.05) is 16.6 Å². The number of hydrogen-bond donors (Lipinski definition) is 1. The number of sulfonamides is 1. The highest BCUT2D eigenvalue weighted by Gasteiger charge is 2.16. The summed E-state index contributed by atoms with van der Waals surface area (Å²) >= 11 is 3.16. The van der Waals surface area contributed by atoms with Crippen molar-refractivity contribution in [3.8, 4) is 0 Å².